The van der Waals surface area contributed by atoms with Gasteiger partial charge in [-0.3, -0.25) is 15.0 Å². The summed E-state index contributed by atoms with van der Waals surface area (Å²) in [6.07, 6.45) is -1.30. The van der Waals surface area contributed by atoms with E-state index in [9.17, 15) is 14.7 Å². The molecule has 0 spiro atoms. The van der Waals surface area contributed by atoms with Crippen molar-refractivity contribution < 1.29 is 24.2 Å². The molecule has 4 N–H and O–H groups in total. The molecule has 1 aliphatic heterocycles. The van der Waals surface area contributed by atoms with Gasteiger partial charge in [0, 0.05) is 16.7 Å². The highest BCUT2D eigenvalue weighted by Gasteiger charge is 2.51. The van der Waals surface area contributed by atoms with Crippen LogP contribution in [0.5, 0.6) is 0 Å². The van der Waals surface area contributed by atoms with E-state index in [4.69, 9.17) is 28.3 Å². The Balaban J connectivity index is 1.74. The number of hydrogen-bond acceptors (Lipinski definition) is 4. The fraction of sp³-hybridized carbons (Fsp3) is 0.0455. The fourth-order valence-electron chi connectivity index (χ4n) is 4.01. The Morgan fingerprint density at radius 2 is 1.91 bits per heavy atom. The molecule has 1 unspecified atom stereocenters. The summed E-state index contributed by atoms with van der Waals surface area (Å²) >= 11 is 11.9. The Morgan fingerprint density at radius 1 is 1.15 bits per heavy atom. The maximum absolute atomic E-state index is 15.1. The van der Waals surface area contributed by atoms with Crippen LogP contribution in [0.1, 0.15) is 21.5 Å². The van der Waals surface area contributed by atoms with E-state index in [2.05, 4.69) is 15.3 Å². The molecule has 5 rings (SSSR count). The molecule has 166 valence electrons. The Bertz CT molecular complexity index is 1470. The molecule has 2 amide bonds. The van der Waals surface area contributed by atoms with Gasteiger partial charge in [-0.05, 0) is 30.3 Å². The molecule has 0 saturated heterocycles. The summed E-state index contributed by atoms with van der Waals surface area (Å²) in [6, 6.07) is 13.5. The highest BCUT2D eigenvalue weighted by atomic mass is 35.5. The first-order chi connectivity index (χ1) is 15.7. The molecule has 8 nitrogen and oxygen atoms in total. The number of amides is 2. The van der Waals surface area contributed by atoms with Crippen molar-refractivity contribution in [2.75, 3.05) is 10.2 Å². The van der Waals surface area contributed by atoms with Gasteiger partial charge in [0.05, 0.1) is 26.8 Å². The molecule has 0 aliphatic carbocycles. The second kappa shape index (κ2) is 7.45. The van der Waals surface area contributed by atoms with Crippen molar-refractivity contribution in [3.63, 3.8) is 0 Å². The standard InChI is InChI=1S/C22H13Cl2FN4O4/c23-13-6-8-16(18(25)17(13)24)29-19(30)11-3-1-2-4-12(11)22(29,33)10-5-7-14-15(9-10)27-20(26-14)28-21(31)32/h1-9,33H,(H,31,32)(H2,26,27,28). The van der Waals surface area contributed by atoms with Crippen molar-refractivity contribution >= 4 is 57.9 Å². The third kappa shape index (κ3) is 3.12. The number of halogens is 3. The lowest BCUT2D eigenvalue weighted by atomic mass is 9.93. The third-order valence-electron chi connectivity index (χ3n) is 5.43. The highest BCUT2D eigenvalue weighted by Crippen LogP contribution is 2.47. The molecule has 1 atom stereocenters. The van der Waals surface area contributed by atoms with E-state index < -0.39 is 23.5 Å². The fourth-order valence-corrected chi connectivity index (χ4v) is 4.31. The maximum Gasteiger partial charge on any atom is 0.411 e. The number of H-pyrrole nitrogens is 1. The van der Waals surface area contributed by atoms with Crippen LogP contribution in [-0.4, -0.2) is 32.2 Å². The average Bonchev–Trinajstić information content (AvgIpc) is 3.28. The number of carboxylic acid groups (broad SMARTS) is 1. The Kier molecular flexibility index (Phi) is 4.78. The summed E-state index contributed by atoms with van der Waals surface area (Å²) in [5.74, 6) is -1.61. The van der Waals surface area contributed by atoms with E-state index in [0.29, 0.717) is 11.0 Å². The van der Waals surface area contributed by atoms with Crippen LogP contribution in [0.4, 0.5) is 20.8 Å². The van der Waals surface area contributed by atoms with Gasteiger partial charge in [-0.15, -0.1) is 0 Å². The Hall–Kier alpha value is -3.66. The third-order valence-corrected chi connectivity index (χ3v) is 6.21. The van der Waals surface area contributed by atoms with Crippen molar-refractivity contribution in [1.82, 2.24) is 9.97 Å². The minimum Gasteiger partial charge on any atom is -0.465 e. The van der Waals surface area contributed by atoms with E-state index in [-0.39, 0.29) is 38.4 Å². The molecule has 3 aromatic carbocycles. The second-order valence-electron chi connectivity index (χ2n) is 7.30. The van der Waals surface area contributed by atoms with Gasteiger partial charge in [0.25, 0.3) is 5.91 Å². The van der Waals surface area contributed by atoms with Crippen LogP contribution in [0.15, 0.2) is 54.6 Å². The predicted octanol–water partition coefficient (Wildman–Crippen LogP) is 4.95. The van der Waals surface area contributed by atoms with E-state index in [1.165, 1.54) is 30.3 Å². The molecule has 33 heavy (non-hydrogen) atoms. The first-order valence-corrected chi connectivity index (χ1v) is 10.3. The molecule has 0 bridgehead atoms. The number of aromatic amines is 1. The molecular weight excluding hydrogens is 474 g/mol. The molecule has 4 aromatic rings. The minimum atomic E-state index is -2.11. The van der Waals surface area contributed by atoms with Gasteiger partial charge >= 0.3 is 6.09 Å². The Labute approximate surface area is 195 Å². The second-order valence-corrected chi connectivity index (χ2v) is 8.09. The van der Waals surface area contributed by atoms with Crippen molar-refractivity contribution in [2.24, 2.45) is 0 Å². The Morgan fingerprint density at radius 3 is 2.67 bits per heavy atom. The summed E-state index contributed by atoms with van der Waals surface area (Å²) in [4.78, 5) is 32.1. The minimum absolute atomic E-state index is 0.0167. The predicted molar refractivity (Wildman–Crippen MR) is 120 cm³/mol. The van der Waals surface area contributed by atoms with Crippen LogP contribution in [-0.2, 0) is 5.72 Å². The van der Waals surface area contributed by atoms with Gasteiger partial charge in [0.15, 0.2) is 11.5 Å². The number of nitrogens with zero attached hydrogens (tertiary/aromatic N) is 2. The monoisotopic (exact) mass is 486 g/mol. The lowest BCUT2D eigenvalue weighted by Gasteiger charge is -2.35. The zero-order chi connectivity index (χ0) is 23.5. The first kappa shape index (κ1) is 21.2. The zero-order valence-electron chi connectivity index (χ0n) is 16.4. The lowest BCUT2D eigenvalue weighted by molar-refractivity contribution is 0.0699. The number of aliphatic hydroxyl groups is 1. The number of carbonyl (C=O) groups excluding carboxylic acids is 1. The number of benzene rings is 3. The van der Waals surface area contributed by atoms with Crippen LogP contribution in [0.2, 0.25) is 10.0 Å². The van der Waals surface area contributed by atoms with Crippen molar-refractivity contribution in [2.45, 2.75) is 5.72 Å². The summed E-state index contributed by atoms with van der Waals surface area (Å²) in [6.45, 7) is 0. The van der Waals surface area contributed by atoms with E-state index in [0.717, 1.165) is 4.90 Å². The number of imidazole rings is 1. The van der Waals surface area contributed by atoms with Crippen molar-refractivity contribution in [1.29, 1.82) is 0 Å². The number of anilines is 2. The first-order valence-electron chi connectivity index (χ1n) is 9.52. The van der Waals surface area contributed by atoms with Crippen molar-refractivity contribution in [3.8, 4) is 0 Å². The van der Waals surface area contributed by atoms with Gasteiger partial charge in [-0.1, -0.05) is 47.5 Å². The summed E-state index contributed by atoms with van der Waals surface area (Å²) in [5.41, 5.74) is -0.931. The number of carbonyl (C=O) groups is 2. The molecule has 0 saturated carbocycles. The summed E-state index contributed by atoms with van der Waals surface area (Å²) in [7, 11) is 0. The number of nitrogens with one attached hydrogen (secondary N) is 2. The van der Waals surface area contributed by atoms with E-state index in [1.807, 2.05) is 0 Å². The number of fused-ring (bicyclic) bond motifs is 2. The van der Waals surface area contributed by atoms with Crippen molar-refractivity contribution in [3.05, 3.63) is 87.2 Å². The maximum atomic E-state index is 15.1. The van der Waals surface area contributed by atoms with Gasteiger partial charge in [-0.25, -0.2) is 14.2 Å². The van der Waals surface area contributed by atoms with Gasteiger partial charge in [0.1, 0.15) is 0 Å². The van der Waals surface area contributed by atoms with E-state index >= 15 is 4.39 Å². The average molecular weight is 487 g/mol. The van der Waals surface area contributed by atoms with Crippen LogP contribution >= 0.6 is 23.2 Å². The highest BCUT2D eigenvalue weighted by molar-refractivity contribution is 6.42. The lowest BCUT2D eigenvalue weighted by Crippen LogP contribution is -2.45. The summed E-state index contributed by atoms with van der Waals surface area (Å²) in [5, 5.41) is 22.6. The molecule has 0 fully saturated rings. The molecule has 11 heteroatoms. The van der Waals surface area contributed by atoms with Crippen LogP contribution in [0.3, 0.4) is 0 Å². The zero-order valence-corrected chi connectivity index (χ0v) is 17.9. The molecule has 2 heterocycles. The quantitative estimate of drug-likeness (QED) is 0.305. The number of hydrogen-bond donors (Lipinski definition) is 4. The van der Waals surface area contributed by atoms with Gasteiger partial charge in [-0.2, -0.15) is 0 Å². The van der Waals surface area contributed by atoms with Gasteiger partial charge in [0.2, 0.25) is 5.95 Å². The van der Waals surface area contributed by atoms with Crippen LogP contribution < -0.4 is 10.2 Å². The normalized spacial score (nSPS) is 17.5. The van der Waals surface area contributed by atoms with Crippen LogP contribution in [0, 0.1) is 5.82 Å². The number of rotatable bonds is 3. The SMILES string of the molecule is O=C(O)Nc1nc2ccc(C3(O)c4ccccc4C(=O)N3c3ccc(Cl)c(Cl)c3F)cc2[nH]1. The summed E-state index contributed by atoms with van der Waals surface area (Å²) < 4.78 is 15.1. The smallest absolute Gasteiger partial charge is 0.411 e. The molecular formula is C22H13Cl2FN4O4. The molecule has 1 aliphatic rings. The topological polar surface area (TPSA) is 119 Å². The molecule has 0 radical (unpaired) electrons. The van der Waals surface area contributed by atoms with E-state index in [1.54, 1.807) is 24.3 Å². The number of aromatic nitrogens is 2. The molecule has 1 aromatic heterocycles. The van der Waals surface area contributed by atoms with Crippen LogP contribution in [0.25, 0.3) is 11.0 Å². The largest absolute Gasteiger partial charge is 0.465 e. The van der Waals surface area contributed by atoms with Gasteiger partial charge < -0.3 is 15.2 Å².